The van der Waals surface area contributed by atoms with Crippen LogP contribution in [0.15, 0.2) is 0 Å². The van der Waals surface area contributed by atoms with E-state index in [0.29, 0.717) is 12.8 Å². The van der Waals surface area contributed by atoms with E-state index in [9.17, 15) is 9.59 Å². The third-order valence-corrected chi connectivity index (χ3v) is 2.55. The summed E-state index contributed by atoms with van der Waals surface area (Å²) in [6.07, 6.45) is 2.54. The van der Waals surface area contributed by atoms with Gasteiger partial charge in [-0.25, -0.2) is 0 Å². The largest absolute Gasteiger partial charge is 0.481 e. The Bertz CT molecular complexity index is 264. The van der Waals surface area contributed by atoms with Crippen molar-refractivity contribution in [2.75, 3.05) is 0 Å². The van der Waals surface area contributed by atoms with E-state index in [4.69, 9.17) is 10.8 Å². The predicted octanol–water partition coefficient (Wildman–Crippen LogP) is 1.26. The molecule has 5 heteroatoms. The summed E-state index contributed by atoms with van der Waals surface area (Å²) in [6, 6.07) is -0.115. The highest BCUT2D eigenvalue weighted by atomic mass is 16.4. The second-order valence-electron chi connectivity index (χ2n) is 5.08. The normalized spacial score (nSPS) is 13.2. The van der Waals surface area contributed by atoms with E-state index in [-0.39, 0.29) is 18.4 Å². The van der Waals surface area contributed by atoms with Crippen molar-refractivity contribution < 1.29 is 14.7 Å². The van der Waals surface area contributed by atoms with Crippen LogP contribution < -0.4 is 11.1 Å². The fourth-order valence-corrected chi connectivity index (χ4v) is 1.62. The molecule has 1 unspecified atom stereocenters. The molecule has 0 rings (SSSR count). The van der Waals surface area contributed by atoms with E-state index in [2.05, 4.69) is 5.32 Å². The molecule has 0 aromatic heterocycles. The van der Waals surface area contributed by atoms with Crippen LogP contribution in [-0.4, -0.2) is 28.6 Å². The molecule has 100 valence electrons. The van der Waals surface area contributed by atoms with Crippen molar-refractivity contribution in [2.24, 2.45) is 5.73 Å². The molecule has 0 aliphatic rings. The molecule has 1 amide bonds. The van der Waals surface area contributed by atoms with Crippen LogP contribution in [0.5, 0.6) is 0 Å². The highest BCUT2D eigenvalue weighted by Gasteiger charge is 2.22. The number of nitrogens with two attached hydrogens (primary N) is 1. The summed E-state index contributed by atoms with van der Waals surface area (Å²) >= 11 is 0. The summed E-state index contributed by atoms with van der Waals surface area (Å²) in [7, 11) is 0. The Morgan fingerprint density at radius 2 is 2.00 bits per heavy atom. The predicted molar refractivity (Wildman–Crippen MR) is 66.6 cm³/mol. The molecule has 1 atom stereocenters. The van der Waals surface area contributed by atoms with Gasteiger partial charge in [0, 0.05) is 24.4 Å². The third-order valence-electron chi connectivity index (χ3n) is 2.55. The lowest BCUT2D eigenvalue weighted by atomic mass is 9.97. The summed E-state index contributed by atoms with van der Waals surface area (Å²) in [5.41, 5.74) is 5.27. The van der Waals surface area contributed by atoms with Crippen LogP contribution >= 0.6 is 0 Å². The molecule has 0 bridgehead atoms. The van der Waals surface area contributed by atoms with Crippen molar-refractivity contribution >= 4 is 11.9 Å². The van der Waals surface area contributed by atoms with Crippen LogP contribution in [0.2, 0.25) is 0 Å². The zero-order chi connectivity index (χ0) is 13.5. The van der Waals surface area contributed by atoms with Crippen LogP contribution in [-0.2, 0) is 9.59 Å². The number of nitrogens with one attached hydrogen (secondary N) is 1. The van der Waals surface area contributed by atoms with Gasteiger partial charge in [-0.1, -0.05) is 13.3 Å². The van der Waals surface area contributed by atoms with Gasteiger partial charge < -0.3 is 16.2 Å². The molecule has 0 saturated heterocycles. The first-order valence-electron chi connectivity index (χ1n) is 6.05. The molecule has 0 aliphatic carbocycles. The zero-order valence-electron chi connectivity index (χ0n) is 11.0. The summed E-state index contributed by atoms with van der Waals surface area (Å²) in [4.78, 5) is 22.1. The lowest BCUT2D eigenvalue weighted by molar-refractivity contribution is -0.137. The molecule has 5 nitrogen and oxygen atoms in total. The van der Waals surface area contributed by atoms with Crippen molar-refractivity contribution in [2.45, 2.75) is 64.5 Å². The van der Waals surface area contributed by atoms with Gasteiger partial charge in [-0.2, -0.15) is 0 Å². The number of amides is 1. The van der Waals surface area contributed by atoms with Crippen molar-refractivity contribution in [3.05, 3.63) is 0 Å². The number of hydrogen-bond donors (Lipinski definition) is 3. The van der Waals surface area contributed by atoms with Crippen LogP contribution in [0.1, 0.15) is 52.9 Å². The lowest BCUT2D eigenvalue weighted by Gasteiger charge is -2.26. The smallest absolute Gasteiger partial charge is 0.303 e. The van der Waals surface area contributed by atoms with Crippen LogP contribution in [0.4, 0.5) is 0 Å². The number of rotatable bonds is 8. The van der Waals surface area contributed by atoms with E-state index in [1.165, 1.54) is 0 Å². The SMILES string of the molecule is CCCC(N)CC(=O)NC(C)(C)CCC(=O)O. The number of carboxylic acid groups (broad SMARTS) is 1. The molecule has 0 heterocycles. The Morgan fingerprint density at radius 1 is 1.41 bits per heavy atom. The molecular formula is C12H24N2O3. The molecule has 0 aromatic rings. The van der Waals surface area contributed by atoms with Crippen molar-refractivity contribution in [1.82, 2.24) is 5.32 Å². The van der Waals surface area contributed by atoms with Gasteiger partial charge >= 0.3 is 5.97 Å². The summed E-state index contributed by atoms with van der Waals surface area (Å²) < 4.78 is 0. The molecular weight excluding hydrogens is 220 g/mol. The van der Waals surface area contributed by atoms with Gasteiger partial charge in [0.15, 0.2) is 0 Å². The van der Waals surface area contributed by atoms with Gasteiger partial charge in [-0.15, -0.1) is 0 Å². The van der Waals surface area contributed by atoms with Crippen LogP contribution in [0.25, 0.3) is 0 Å². The minimum Gasteiger partial charge on any atom is -0.481 e. The molecule has 0 spiro atoms. The Hall–Kier alpha value is -1.10. The first kappa shape index (κ1) is 15.9. The van der Waals surface area contributed by atoms with E-state index >= 15 is 0 Å². The van der Waals surface area contributed by atoms with Gasteiger partial charge in [0.05, 0.1) is 0 Å². The number of carbonyl (C=O) groups excluding carboxylic acids is 1. The average molecular weight is 244 g/mol. The molecule has 0 aliphatic heterocycles. The number of carboxylic acids is 1. The number of hydrogen-bond acceptors (Lipinski definition) is 3. The lowest BCUT2D eigenvalue weighted by Crippen LogP contribution is -2.45. The number of carbonyl (C=O) groups is 2. The Morgan fingerprint density at radius 3 is 2.47 bits per heavy atom. The maximum absolute atomic E-state index is 11.7. The quantitative estimate of drug-likeness (QED) is 0.599. The van der Waals surface area contributed by atoms with E-state index in [1.54, 1.807) is 0 Å². The minimum absolute atomic E-state index is 0.0499. The molecule has 0 saturated carbocycles. The first-order valence-corrected chi connectivity index (χ1v) is 6.05. The Kier molecular flexibility index (Phi) is 6.80. The zero-order valence-corrected chi connectivity index (χ0v) is 11.0. The van der Waals surface area contributed by atoms with Gasteiger partial charge in [-0.05, 0) is 26.7 Å². The van der Waals surface area contributed by atoms with Crippen molar-refractivity contribution in [3.63, 3.8) is 0 Å². The highest BCUT2D eigenvalue weighted by Crippen LogP contribution is 2.12. The fraction of sp³-hybridized carbons (Fsp3) is 0.833. The highest BCUT2D eigenvalue weighted by molar-refractivity contribution is 5.77. The van der Waals surface area contributed by atoms with Crippen molar-refractivity contribution in [1.29, 1.82) is 0 Å². The van der Waals surface area contributed by atoms with Crippen LogP contribution in [0, 0.1) is 0 Å². The van der Waals surface area contributed by atoms with E-state index in [0.717, 1.165) is 12.8 Å². The van der Waals surface area contributed by atoms with Gasteiger partial charge in [0.2, 0.25) is 5.91 Å². The molecule has 0 radical (unpaired) electrons. The summed E-state index contributed by atoms with van der Waals surface area (Å²) in [5.74, 6) is -0.962. The average Bonchev–Trinajstić information content (AvgIpc) is 2.14. The fourth-order valence-electron chi connectivity index (χ4n) is 1.62. The summed E-state index contributed by atoms with van der Waals surface area (Å²) in [6.45, 7) is 5.66. The summed E-state index contributed by atoms with van der Waals surface area (Å²) in [5, 5.41) is 11.4. The van der Waals surface area contributed by atoms with Gasteiger partial charge in [0.1, 0.15) is 0 Å². The topological polar surface area (TPSA) is 92.4 Å². The number of aliphatic carboxylic acids is 1. The minimum atomic E-state index is -0.852. The monoisotopic (exact) mass is 244 g/mol. The van der Waals surface area contributed by atoms with Gasteiger partial charge in [-0.3, -0.25) is 9.59 Å². The van der Waals surface area contributed by atoms with Gasteiger partial charge in [0.25, 0.3) is 0 Å². The Labute approximate surface area is 103 Å². The first-order chi connectivity index (χ1) is 7.76. The van der Waals surface area contributed by atoms with E-state index in [1.807, 2.05) is 20.8 Å². The third kappa shape index (κ3) is 8.68. The molecule has 4 N–H and O–H groups in total. The van der Waals surface area contributed by atoms with Crippen LogP contribution in [0.3, 0.4) is 0 Å². The molecule has 0 aromatic carbocycles. The maximum Gasteiger partial charge on any atom is 0.303 e. The van der Waals surface area contributed by atoms with E-state index < -0.39 is 11.5 Å². The van der Waals surface area contributed by atoms with Crippen molar-refractivity contribution in [3.8, 4) is 0 Å². The maximum atomic E-state index is 11.7. The Balaban J connectivity index is 4.03. The second-order valence-corrected chi connectivity index (χ2v) is 5.08. The standard InChI is InChI=1S/C12H24N2O3/c1-4-5-9(13)8-10(15)14-12(2,3)7-6-11(16)17/h9H,4-8,13H2,1-3H3,(H,14,15)(H,16,17). The molecule has 0 fully saturated rings. The molecule has 17 heavy (non-hydrogen) atoms. The second kappa shape index (κ2) is 7.27.